The summed E-state index contributed by atoms with van der Waals surface area (Å²) in [5.41, 5.74) is 0. The lowest BCUT2D eigenvalue weighted by Crippen LogP contribution is -2.30. The average molecular weight is 188 g/mol. The van der Waals surface area contributed by atoms with E-state index >= 15 is 0 Å². The predicted octanol–water partition coefficient (Wildman–Crippen LogP) is 0.635. The van der Waals surface area contributed by atoms with Crippen LogP contribution in [0.4, 0.5) is 0 Å². The Kier molecular flexibility index (Phi) is 2.32. The number of ether oxygens (including phenoxy) is 3. The summed E-state index contributed by atoms with van der Waals surface area (Å²) >= 11 is 0. The summed E-state index contributed by atoms with van der Waals surface area (Å²) in [4.78, 5) is 0. The van der Waals surface area contributed by atoms with E-state index in [2.05, 4.69) is 0 Å². The second-order valence-corrected chi connectivity index (χ2v) is 4.12. The van der Waals surface area contributed by atoms with E-state index in [0.717, 1.165) is 19.4 Å². The number of epoxide rings is 1. The predicted molar refractivity (Wildman–Crippen MR) is 45.0 cm³/mol. The largest absolute Gasteiger partial charge is 0.370 e. The van der Waals surface area contributed by atoms with E-state index in [0.29, 0.717) is 0 Å². The van der Waals surface area contributed by atoms with Gasteiger partial charge < -0.3 is 19.3 Å². The van der Waals surface area contributed by atoms with Crippen molar-refractivity contribution in [3.05, 3.63) is 0 Å². The molecule has 0 aromatic heterocycles. The average Bonchev–Trinajstić information content (AvgIpc) is 2.72. The first-order chi connectivity index (χ1) is 6.04. The highest BCUT2D eigenvalue weighted by Gasteiger charge is 2.40. The van der Waals surface area contributed by atoms with E-state index in [4.69, 9.17) is 14.2 Å². The monoisotopic (exact) mass is 188 g/mol. The van der Waals surface area contributed by atoms with Crippen molar-refractivity contribution in [2.75, 3.05) is 6.61 Å². The van der Waals surface area contributed by atoms with E-state index in [1.165, 1.54) is 0 Å². The first-order valence-corrected chi connectivity index (χ1v) is 4.72. The standard InChI is InChI=1S/C9H16O4/c1-9(2,10)13-8-4-3-6(12-8)7-5-11-7/h6-8,10H,3-5H2,1-2H3/t6-,7+,8+/m0/s1. The molecule has 0 aromatic carbocycles. The summed E-state index contributed by atoms with van der Waals surface area (Å²) in [5, 5.41) is 9.39. The van der Waals surface area contributed by atoms with Crippen LogP contribution in [0.3, 0.4) is 0 Å². The SMILES string of the molecule is CC(C)(O)O[C@@H]1CC[C@@H]([C@H]2CO2)O1. The maximum atomic E-state index is 9.39. The summed E-state index contributed by atoms with van der Waals surface area (Å²) in [6.45, 7) is 4.02. The number of hydrogen-bond acceptors (Lipinski definition) is 4. The first-order valence-electron chi connectivity index (χ1n) is 4.72. The molecule has 4 heteroatoms. The van der Waals surface area contributed by atoms with Crippen molar-refractivity contribution in [3.8, 4) is 0 Å². The number of hydrogen-bond donors (Lipinski definition) is 1. The minimum absolute atomic E-state index is 0.173. The van der Waals surface area contributed by atoms with E-state index in [-0.39, 0.29) is 18.5 Å². The van der Waals surface area contributed by atoms with Crippen LogP contribution in [0.2, 0.25) is 0 Å². The van der Waals surface area contributed by atoms with Crippen molar-refractivity contribution < 1.29 is 19.3 Å². The van der Waals surface area contributed by atoms with Crippen molar-refractivity contribution >= 4 is 0 Å². The van der Waals surface area contributed by atoms with Crippen molar-refractivity contribution in [2.45, 2.75) is 51.0 Å². The van der Waals surface area contributed by atoms with Crippen molar-refractivity contribution in [1.29, 1.82) is 0 Å². The fourth-order valence-electron chi connectivity index (χ4n) is 1.58. The van der Waals surface area contributed by atoms with E-state index in [9.17, 15) is 5.11 Å². The van der Waals surface area contributed by atoms with Gasteiger partial charge in [0.2, 0.25) is 0 Å². The molecule has 13 heavy (non-hydrogen) atoms. The lowest BCUT2D eigenvalue weighted by atomic mass is 10.2. The molecule has 2 saturated heterocycles. The maximum absolute atomic E-state index is 9.39. The highest BCUT2D eigenvalue weighted by atomic mass is 16.8. The van der Waals surface area contributed by atoms with E-state index < -0.39 is 5.79 Å². The molecule has 0 radical (unpaired) electrons. The molecule has 2 aliphatic rings. The Balaban J connectivity index is 1.77. The number of aliphatic hydroxyl groups is 1. The van der Waals surface area contributed by atoms with E-state index in [1.54, 1.807) is 13.8 Å². The summed E-state index contributed by atoms with van der Waals surface area (Å²) in [6.07, 6.45) is 1.98. The van der Waals surface area contributed by atoms with Crippen molar-refractivity contribution in [2.24, 2.45) is 0 Å². The summed E-state index contributed by atoms with van der Waals surface area (Å²) in [5.74, 6) is -1.11. The van der Waals surface area contributed by atoms with Crippen LogP contribution in [0, 0.1) is 0 Å². The zero-order chi connectivity index (χ0) is 9.47. The third-order valence-electron chi connectivity index (χ3n) is 2.21. The molecule has 0 amide bonds. The Bertz CT molecular complexity index is 183. The molecular weight excluding hydrogens is 172 g/mol. The van der Waals surface area contributed by atoms with Gasteiger partial charge in [0.1, 0.15) is 6.10 Å². The molecule has 0 unspecified atom stereocenters. The third-order valence-corrected chi connectivity index (χ3v) is 2.21. The van der Waals surface area contributed by atoms with Crippen LogP contribution >= 0.6 is 0 Å². The minimum Gasteiger partial charge on any atom is -0.370 e. The van der Waals surface area contributed by atoms with Crippen molar-refractivity contribution in [3.63, 3.8) is 0 Å². The zero-order valence-corrected chi connectivity index (χ0v) is 8.03. The van der Waals surface area contributed by atoms with Gasteiger partial charge in [-0.1, -0.05) is 0 Å². The van der Waals surface area contributed by atoms with Crippen LogP contribution in [-0.4, -0.2) is 36.0 Å². The Hall–Kier alpha value is -0.160. The molecule has 2 heterocycles. The molecule has 0 spiro atoms. The van der Waals surface area contributed by atoms with Gasteiger partial charge in [0.05, 0.1) is 12.7 Å². The normalized spacial score (nSPS) is 39.5. The maximum Gasteiger partial charge on any atom is 0.162 e. The highest BCUT2D eigenvalue weighted by Crippen LogP contribution is 2.31. The van der Waals surface area contributed by atoms with Crippen LogP contribution in [-0.2, 0) is 14.2 Å². The lowest BCUT2D eigenvalue weighted by Gasteiger charge is -2.23. The summed E-state index contributed by atoms with van der Waals surface area (Å²) < 4.78 is 16.0. The molecule has 0 aromatic rings. The Morgan fingerprint density at radius 2 is 2.00 bits per heavy atom. The smallest absolute Gasteiger partial charge is 0.162 e. The quantitative estimate of drug-likeness (QED) is 0.521. The summed E-state index contributed by atoms with van der Waals surface area (Å²) in [6, 6.07) is 0. The fourth-order valence-corrected chi connectivity index (χ4v) is 1.58. The molecule has 1 N–H and O–H groups in total. The van der Waals surface area contributed by atoms with Crippen LogP contribution < -0.4 is 0 Å². The highest BCUT2D eigenvalue weighted by molar-refractivity contribution is 4.84. The lowest BCUT2D eigenvalue weighted by molar-refractivity contribution is -0.269. The van der Waals surface area contributed by atoms with Crippen LogP contribution in [0.15, 0.2) is 0 Å². The summed E-state index contributed by atoms with van der Waals surface area (Å²) in [7, 11) is 0. The molecule has 0 aliphatic carbocycles. The van der Waals surface area contributed by atoms with Gasteiger partial charge in [-0.25, -0.2) is 0 Å². The topological polar surface area (TPSA) is 51.2 Å². The van der Waals surface area contributed by atoms with Gasteiger partial charge in [0.25, 0.3) is 0 Å². The molecule has 4 nitrogen and oxygen atoms in total. The third kappa shape index (κ3) is 2.64. The molecule has 76 valence electrons. The van der Waals surface area contributed by atoms with Gasteiger partial charge in [-0.15, -0.1) is 0 Å². The van der Waals surface area contributed by atoms with E-state index in [1.807, 2.05) is 0 Å². The van der Waals surface area contributed by atoms with Crippen LogP contribution in [0.25, 0.3) is 0 Å². The van der Waals surface area contributed by atoms with Crippen LogP contribution in [0.1, 0.15) is 26.7 Å². The first kappa shape index (κ1) is 9.40. The molecule has 3 atom stereocenters. The number of rotatable bonds is 3. The van der Waals surface area contributed by atoms with Gasteiger partial charge in [-0.05, 0) is 20.3 Å². The second-order valence-electron chi connectivity index (χ2n) is 4.12. The molecule has 2 fully saturated rings. The molecule has 0 saturated carbocycles. The van der Waals surface area contributed by atoms with Crippen molar-refractivity contribution in [1.82, 2.24) is 0 Å². The van der Waals surface area contributed by atoms with Gasteiger partial charge in [0, 0.05) is 6.42 Å². The molecule has 2 aliphatic heterocycles. The van der Waals surface area contributed by atoms with Crippen LogP contribution in [0.5, 0.6) is 0 Å². The van der Waals surface area contributed by atoms with Gasteiger partial charge in [-0.3, -0.25) is 0 Å². The Morgan fingerprint density at radius 1 is 1.31 bits per heavy atom. The van der Waals surface area contributed by atoms with Gasteiger partial charge in [-0.2, -0.15) is 0 Å². The van der Waals surface area contributed by atoms with Gasteiger partial charge >= 0.3 is 0 Å². The minimum atomic E-state index is -1.11. The molecule has 2 rings (SSSR count). The Labute approximate surface area is 77.8 Å². The second kappa shape index (κ2) is 3.20. The fraction of sp³-hybridized carbons (Fsp3) is 1.00. The van der Waals surface area contributed by atoms with Gasteiger partial charge in [0.15, 0.2) is 12.1 Å². The zero-order valence-electron chi connectivity index (χ0n) is 8.03. The molecular formula is C9H16O4. The molecule has 0 bridgehead atoms. The Morgan fingerprint density at radius 3 is 2.54 bits per heavy atom.